The first kappa shape index (κ1) is 13.6. The van der Waals surface area contributed by atoms with Crippen molar-refractivity contribution in [2.75, 3.05) is 20.8 Å². The lowest BCUT2D eigenvalue weighted by Crippen LogP contribution is -2.23. The number of benzene rings is 1. The molecule has 1 fully saturated rings. The Morgan fingerprint density at radius 3 is 2.63 bits per heavy atom. The lowest BCUT2D eigenvalue weighted by molar-refractivity contribution is -0.385. The van der Waals surface area contributed by atoms with Crippen LogP contribution in [-0.4, -0.2) is 31.7 Å². The standard InChI is InChI=1S/C13H18N2O4/c1-18-12-8-11(15(16)17)13(19-2)7-9(12)6-10-4-3-5-14-10/h7-8,10,14H,3-6H2,1-2H3. The predicted octanol–water partition coefficient (Wildman–Crippen LogP) is 1.91. The summed E-state index contributed by atoms with van der Waals surface area (Å²) in [4.78, 5) is 10.5. The van der Waals surface area contributed by atoms with Gasteiger partial charge in [0.05, 0.1) is 25.2 Å². The summed E-state index contributed by atoms with van der Waals surface area (Å²) in [7, 11) is 2.96. The van der Waals surface area contributed by atoms with Crippen LogP contribution in [0.5, 0.6) is 11.5 Å². The van der Waals surface area contributed by atoms with Crippen LogP contribution in [0.1, 0.15) is 18.4 Å². The average molecular weight is 266 g/mol. The molecule has 0 bridgehead atoms. The molecule has 1 atom stereocenters. The quantitative estimate of drug-likeness (QED) is 0.651. The van der Waals surface area contributed by atoms with E-state index in [4.69, 9.17) is 9.47 Å². The molecule has 0 radical (unpaired) electrons. The van der Waals surface area contributed by atoms with Gasteiger partial charge in [0.15, 0.2) is 5.75 Å². The first-order chi connectivity index (χ1) is 9.15. The molecule has 1 unspecified atom stereocenters. The van der Waals surface area contributed by atoms with Crippen molar-refractivity contribution in [3.8, 4) is 11.5 Å². The van der Waals surface area contributed by atoms with E-state index in [1.165, 1.54) is 20.3 Å². The van der Waals surface area contributed by atoms with Crippen molar-refractivity contribution in [1.82, 2.24) is 5.32 Å². The van der Waals surface area contributed by atoms with Gasteiger partial charge in [-0.1, -0.05) is 0 Å². The topological polar surface area (TPSA) is 73.6 Å². The lowest BCUT2D eigenvalue weighted by atomic mass is 10.0. The Hall–Kier alpha value is -1.82. The second kappa shape index (κ2) is 5.88. The highest BCUT2D eigenvalue weighted by Crippen LogP contribution is 2.35. The molecule has 1 aromatic carbocycles. The van der Waals surface area contributed by atoms with Crippen molar-refractivity contribution >= 4 is 5.69 Å². The fourth-order valence-corrected chi connectivity index (χ4v) is 2.44. The summed E-state index contributed by atoms with van der Waals surface area (Å²) in [5.41, 5.74) is 0.867. The van der Waals surface area contributed by atoms with Crippen LogP contribution in [0.25, 0.3) is 0 Å². The van der Waals surface area contributed by atoms with Crippen LogP contribution in [0.15, 0.2) is 12.1 Å². The van der Waals surface area contributed by atoms with Crippen LogP contribution in [0, 0.1) is 10.1 Å². The molecule has 1 aliphatic heterocycles. The van der Waals surface area contributed by atoms with Gasteiger partial charge < -0.3 is 14.8 Å². The zero-order valence-corrected chi connectivity index (χ0v) is 11.1. The molecule has 1 heterocycles. The number of nitro benzene ring substituents is 1. The summed E-state index contributed by atoms with van der Waals surface area (Å²) in [6, 6.07) is 3.54. The maximum Gasteiger partial charge on any atom is 0.314 e. The van der Waals surface area contributed by atoms with Crippen LogP contribution in [-0.2, 0) is 6.42 Å². The van der Waals surface area contributed by atoms with Gasteiger partial charge in [0, 0.05) is 6.04 Å². The number of hydrogen-bond acceptors (Lipinski definition) is 5. The van der Waals surface area contributed by atoms with E-state index in [9.17, 15) is 10.1 Å². The molecule has 1 aromatic rings. The minimum atomic E-state index is -0.459. The predicted molar refractivity (Wildman–Crippen MR) is 70.9 cm³/mol. The van der Waals surface area contributed by atoms with Gasteiger partial charge in [-0.25, -0.2) is 0 Å². The third-order valence-electron chi connectivity index (χ3n) is 3.41. The van der Waals surface area contributed by atoms with E-state index in [0.29, 0.717) is 11.8 Å². The van der Waals surface area contributed by atoms with Gasteiger partial charge in [0.2, 0.25) is 0 Å². The highest BCUT2D eigenvalue weighted by molar-refractivity contribution is 5.55. The maximum absolute atomic E-state index is 11.0. The molecule has 0 aliphatic carbocycles. The van der Waals surface area contributed by atoms with Gasteiger partial charge in [0.1, 0.15) is 5.75 Å². The molecule has 0 saturated carbocycles. The molecule has 0 aromatic heterocycles. The monoisotopic (exact) mass is 266 g/mol. The second-order valence-electron chi connectivity index (χ2n) is 4.59. The molecule has 104 valence electrons. The summed E-state index contributed by atoms with van der Waals surface area (Å²) in [5.74, 6) is 0.819. The molecule has 1 saturated heterocycles. The molecule has 6 heteroatoms. The Kier molecular flexibility index (Phi) is 4.21. The summed E-state index contributed by atoms with van der Waals surface area (Å²) in [6.07, 6.45) is 3.07. The number of rotatable bonds is 5. The molecular formula is C13H18N2O4. The summed E-state index contributed by atoms with van der Waals surface area (Å²) >= 11 is 0. The Morgan fingerprint density at radius 1 is 1.37 bits per heavy atom. The Balaban J connectivity index is 2.33. The molecule has 1 N–H and O–H groups in total. The molecule has 6 nitrogen and oxygen atoms in total. The first-order valence-electron chi connectivity index (χ1n) is 6.28. The Labute approximate surface area is 111 Å². The smallest absolute Gasteiger partial charge is 0.314 e. The highest BCUT2D eigenvalue weighted by atomic mass is 16.6. The number of methoxy groups -OCH3 is 2. The van der Waals surface area contributed by atoms with E-state index in [0.717, 1.165) is 31.4 Å². The summed E-state index contributed by atoms with van der Waals surface area (Å²) in [6.45, 7) is 1.02. The van der Waals surface area contributed by atoms with Crippen LogP contribution in [0.2, 0.25) is 0 Å². The van der Waals surface area contributed by atoms with Gasteiger partial charge in [-0.2, -0.15) is 0 Å². The van der Waals surface area contributed by atoms with E-state index >= 15 is 0 Å². The van der Waals surface area contributed by atoms with Gasteiger partial charge in [0.25, 0.3) is 0 Å². The molecule has 1 aliphatic rings. The van der Waals surface area contributed by atoms with Crippen LogP contribution >= 0.6 is 0 Å². The van der Waals surface area contributed by atoms with Crippen LogP contribution < -0.4 is 14.8 Å². The molecule has 19 heavy (non-hydrogen) atoms. The van der Waals surface area contributed by atoms with Crippen LogP contribution in [0.4, 0.5) is 5.69 Å². The normalized spacial score (nSPS) is 18.3. The largest absolute Gasteiger partial charge is 0.496 e. The second-order valence-corrected chi connectivity index (χ2v) is 4.59. The zero-order valence-electron chi connectivity index (χ0n) is 11.1. The fourth-order valence-electron chi connectivity index (χ4n) is 2.44. The highest BCUT2D eigenvalue weighted by Gasteiger charge is 2.22. The number of nitro groups is 1. The van der Waals surface area contributed by atoms with Crippen molar-refractivity contribution in [3.63, 3.8) is 0 Å². The lowest BCUT2D eigenvalue weighted by Gasteiger charge is -2.14. The number of ether oxygens (including phenoxy) is 2. The van der Waals surface area contributed by atoms with Crippen molar-refractivity contribution in [3.05, 3.63) is 27.8 Å². The van der Waals surface area contributed by atoms with Crippen molar-refractivity contribution in [2.24, 2.45) is 0 Å². The minimum absolute atomic E-state index is 0.0671. The zero-order chi connectivity index (χ0) is 13.8. The van der Waals surface area contributed by atoms with E-state index < -0.39 is 4.92 Å². The van der Waals surface area contributed by atoms with Gasteiger partial charge in [-0.05, 0) is 37.4 Å². The molecule has 0 amide bonds. The van der Waals surface area contributed by atoms with Crippen molar-refractivity contribution < 1.29 is 14.4 Å². The SMILES string of the molecule is COc1cc([N+](=O)[O-])c(OC)cc1CC1CCCN1. The molecule has 0 spiro atoms. The van der Waals surface area contributed by atoms with E-state index in [2.05, 4.69) is 5.32 Å². The Bertz CT molecular complexity index is 470. The van der Waals surface area contributed by atoms with Gasteiger partial charge in [-0.3, -0.25) is 10.1 Å². The molecule has 2 rings (SSSR count). The average Bonchev–Trinajstić information content (AvgIpc) is 2.90. The third-order valence-corrected chi connectivity index (χ3v) is 3.41. The van der Waals surface area contributed by atoms with Crippen LogP contribution in [0.3, 0.4) is 0 Å². The number of nitrogens with zero attached hydrogens (tertiary/aromatic N) is 1. The van der Waals surface area contributed by atoms with Crippen molar-refractivity contribution in [1.29, 1.82) is 0 Å². The minimum Gasteiger partial charge on any atom is -0.496 e. The van der Waals surface area contributed by atoms with E-state index in [1.54, 1.807) is 6.07 Å². The number of hydrogen-bond donors (Lipinski definition) is 1. The fraction of sp³-hybridized carbons (Fsp3) is 0.538. The van der Waals surface area contributed by atoms with Gasteiger partial charge >= 0.3 is 5.69 Å². The van der Waals surface area contributed by atoms with Gasteiger partial charge in [-0.15, -0.1) is 0 Å². The summed E-state index contributed by atoms with van der Waals surface area (Å²) in [5, 5.41) is 14.4. The van der Waals surface area contributed by atoms with Crippen molar-refractivity contribution in [2.45, 2.75) is 25.3 Å². The van der Waals surface area contributed by atoms with E-state index in [-0.39, 0.29) is 11.4 Å². The van der Waals surface area contributed by atoms with E-state index in [1.807, 2.05) is 0 Å². The first-order valence-corrected chi connectivity index (χ1v) is 6.28. The number of nitrogens with one attached hydrogen (secondary N) is 1. The third kappa shape index (κ3) is 2.96. The molecular weight excluding hydrogens is 248 g/mol. The maximum atomic E-state index is 11.0. The Morgan fingerprint density at radius 2 is 2.11 bits per heavy atom. The summed E-state index contributed by atoms with van der Waals surface area (Å²) < 4.78 is 10.4.